The second-order valence-corrected chi connectivity index (χ2v) is 19.7. The van der Waals surface area contributed by atoms with Gasteiger partial charge in [0.25, 0.3) is 0 Å². The molecule has 0 spiro atoms. The van der Waals surface area contributed by atoms with Crippen LogP contribution in [-0.4, -0.2) is 0 Å². The van der Waals surface area contributed by atoms with Crippen molar-refractivity contribution in [3.05, 3.63) is 247 Å². The Bertz CT molecular complexity index is 3780. The first kappa shape index (κ1) is 40.1. The second kappa shape index (κ2) is 15.2. The Morgan fingerprint density at radius 1 is 0.324 bits per heavy atom. The minimum atomic E-state index is -0.205. The Morgan fingerprint density at radius 2 is 0.853 bits per heavy atom. The molecule has 68 heavy (non-hydrogen) atoms. The maximum Gasteiger partial charge on any atom is 0.143 e. The molecule has 0 radical (unpaired) electrons. The molecule has 10 aromatic carbocycles. The van der Waals surface area contributed by atoms with Crippen molar-refractivity contribution >= 4 is 39.0 Å². The van der Waals surface area contributed by atoms with Crippen LogP contribution in [0.5, 0.6) is 0 Å². The van der Waals surface area contributed by atoms with Gasteiger partial charge in [0.15, 0.2) is 0 Å². The van der Waals surface area contributed by atoms with E-state index in [1.54, 1.807) is 0 Å². The van der Waals surface area contributed by atoms with Crippen molar-refractivity contribution < 1.29 is 4.42 Å². The highest BCUT2D eigenvalue weighted by molar-refractivity contribution is 6.09. The van der Waals surface area contributed by atoms with Gasteiger partial charge in [0.2, 0.25) is 0 Å². The minimum Gasteiger partial charge on any atom is -0.455 e. The molecule has 0 N–H and O–H groups in total. The van der Waals surface area contributed by atoms with Gasteiger partial charge in [-0.25, -0.2) is 0 Å². The molecule has 2 heteroatoms. The van der Waals surface area contributed by atoms with Gasteiger partial charge in [-0.1, -0.05) is 198 Å². The van der Waals surface area contributed by atoms with E-state index in [2.05, 4.69) is 251 Å². The average Bonchev–Trinajstić information content (AvgIpc) is 3.96. The van der Waals surface area contributed by atoms with Gasteiger partial charge in [-0.2, -0.15) is 0 Å². The van der Waals surface area contributed by atoms with Crippen LogP contribution >= 0.6 is 0 Å². The van der Waals surface area contributed by atoms with Crippen LogP contribution in [0.3, 0.4) is 0 Å². The quantitative estimate of drug-likeness (QED) is 0.159. The molecule has 2 aliphatic rings. The van der Waals surface area contributed by atoms with Crippen molar-refractivity contribution in [2.24, 2.45) is 0 Å². The highest BCUT2D eigenvalue weighted by Gasteiger charge is 2.43. The lowest BCUT2D eigenvalue weighted by atomic mass is 9.79. The summed E-state index contributed by atoms with van der Waals surface area (Å²) in [4.78, 5) is 2.49. The van der Waals surface area contributed by atoms with Crippen LogP contribution in [0.2, 0.25) is 0 Å². The molecule has 0 amide bonds. The third kappa shape index (κ3) is 6.17. The van der Waals surface area contributed by atoms with Crippen molar-refractivity contribution in [3.8, 4) is 66.8 Å². The Morgan fingerprint density at radius 3 is 1.65 bits per heavy atom. The average molecular weight is 872 g/mol. The summed E-state index contributed by atoms with van der Waals surface area (Å²) in [5.74, 6) is 0. The molecular formula is C66H49NO. The molecule has 1 aromatic heterocycles. The first-order chi connectivity index (χ1) is 33.2. The standard InChI is InChI=1S/C66H49NO/c1-65(2)57-26-10-8-22-52(57)55-40-60-56(41-59(55)65)63-58(66(60,3)4)27-15-28-61(63)67(49-36-34-45(35-37-49)44-32-30-43(31-33-44)42-16-6-5-7-17-42)50-21-13-19-47(39-50)46-18-12-20-48(38-46)51-24-14-25-54-53-23-9-11-29-62(53)68-64(51)54/h5-41H,1-4H3. The van der Waals surface area contributed by atoms with E-state index >= 15 is 0 Å². The summed E-state index contributed by atoms with van der Waals surface area (Å²) in [6, 6.07) is 82.4. The second-order valence-electron chi connectivity index (χ2n) is 19.7. The third-order valence-electron chi connectivity index (χ3n) is 15.1. The summed E-state index contributed by atoms with van der Waals surface area (Å²) in [6.45, 7) is 9.58. The summed E-state index contributed by atoms with van der Waals surface area (Å²) in [6.07, 6.45) is 0. The highest BCUT2D eigenvalue weighted by Crippen LogP contribution is 2.59. The molecule has 0 fully saturated rings. The molecule has 0 aliphatic heterocycles. The van der Waals surface area contributed by atoms with E-state index in [0.29, 0.717) is 0 Å². The van der Waals surface area contributed by atoms with E-state index in [1.165, 1.54) is 72.4 Å². The molecule has 11 aromatic rings. The number of furan rings is 1. The van der Waals surface area contributed by atoms with Crippen LogP contribution in [0.15, 0.2) is 229 Å². The summed E-state index contributed by atoms with van der Waals surface area (Å²) in [7, 11) is 0. The smallest absolute Gasteiger partial charge is 0.143 e. The zero-order chi connectivity index (χ0) is 45.7. The third-order valence-corrected chi connectivity index (χ3v) is 15.1. The van der Waals surface area contributed by atoms with Crippen molar-refractivity contribution in [2.75, 3.05) is 4.90 Å². The van der Waals surface area contributed by atoms with Crippen molar-refractivity contribution in [3.63, 3.8) is 0 Å². The van der Waals surface area contributed by atoms with E-state index in [9.17, 15) is 0 Å². The van der Waals surface area contributed by atoms with Gasteiger partial charge in [-0.05, 0) is 132 Å². The first-order valence-corrected chi connectivity index (χ1v) is 23.8. The summed E-state index contributed by atoms with van der Waals surface area (Å²) in [5, 5.41) is 2.27. The molecule has 0 atom stereocenters. The molecule has 0 saturated heterocycles. The van der Waals surface area contributed by atoms with Gasteiger partial charge in [-0.3, -0.25) is 0 Å². The fourth-order valence-corrected chi connectivity index (χ4v) is 11.5. The minimum absolute atomic E-state index is 0.115. The van der Waals surface area contributed by atoms with Gasteiger partial charge in [0.05, 0.1) is 5.69 Å². The van der Waals surface area contributed by atoms with Gasteiger partial charge >= 0.3 is 0 Å². The number of hydrogen-bond donors (Lipinski definition) is 0. The zero-order valence-electron chi connectivity index (χ0n) is 38.7. The molecule has 2 aliphatic carbocycles. The van der Waals surface area contributed by atoms with Crippen LogP contribution in [0, 0.1) is 0 Å². The van der Waals surface area contributed by atoms with Gasteiger partial charge in [0, 0.05) is 44.1 Å². The van der Waals surface area contributed by atoms with E-state index in [0.717, 1.165) is 55.6 Å². The SMILES string of the molecule is CC1(C)c2ccccc2-c2cc3c(cc21)-c1c(N(c2ccc(-c4ccc(-c5ccccc5)cc4)cc2)c2cccc(-c4cccc(-c5cccc6c5oc5ccccc56)c4)c2)cccc1C3(C)C. The number of para-hydroxylation sites is 2. The van der Waals surface area contributed by atoms with Crippen LogP contribution in [0.4, 0.5) is 17.1 Å². The number of rotatable bonds is 7. The normalized spacial score (nSPS) is 13.8. The van der Waals surface area contributed by atoms with Crippen molar-refractivity contribution in [2.45, 2.75) is 38.5 Å². The number of hydrogen-bond acceptors (Lipinski definition) is 2. The van der Waals surface area contributed by atoms with Crippen LogP contribution in [0.25, 0.3) is 88.7 Å². The first-order valence-electron chi connectivity index (χ1n) is 23.8. The topological polar surface area (TPSA) is 16.4 Å². The zero-order valence-corrected chi connectivity index (χ0v) is 38.7. The predicted molar refractivity (Wildman–Crippen MR) is 285 cm³/mol. The summed E-state index contributed by atoms with van der Waals surface area (Å²) in [5.41, 5.74) is 25.1. The Kier molecular flexibility index (Phi) is 8.95. The Balaban J connectivity index is 0.956. The van der Waals surface area contributed by atoms with Crippen LogP contribution in [0.1, 0.15) is 49.9 Å². The molecule has 324 valence electrons. The van der Waals surface area contributed by atoms with E-state index in [-0.39, 0.29) is 10.8 Å². The van der Waals surface area contributed by atoms with Crippen molar-refractivity contribution in [1.82, 2.24) is 0 Å². The molecule has 1 heterocycles. The lowest BCUT2D eigenvalue weighted by Crippen LogP contribution is -2.17. The monoisotopic (exact) mass is 871 g/mol. The van der Waals surface area contributed by atoms with E-state index < -0.39 is 0 Å². The van der Waals surface area contributed by atoms with Gasteiger partial charge in [-0.15, -0.1) is 0 Å². The van der Waals surface area contributed by atoms with E-state index in [1.807, 2.05) is 6.07 Å². The lowest BCUT2D eigenvalue weighted by molar-refractivity contribution is 0.652. The number of anilines is 3. The number of benzene rings is 10. The molecule has 2 nitrogen and oxygen atoms in total. The highest BCUT2D eigenvalue weighted by atomic mass is 16.3. The van der Waals surface area contributed by atoms with Gasteiger partial charge < -0.3 is 9.32 Å². The molecule has 13 rings (SSSR count). The maximum absolute atomic E-state index is 6.51. The molecule has 0 saturated carbocycles. The number of fused-ring (bicyclic) bond motifs is 9. The van der Waals surface area contributed by atoms with Crippen LogP contribution < -0.4 is 4.90 Å². The molecular weight excluding hydrogens is 823 g/mol. The van der Waals surface area contributed by atoms with Crippen LogP contribution in [-0.2, 0) is 10.8 Å². The van der Waals surface area contributed by atoms with E-state index in [4.69, 9.17) is 4.42 Å². The fraction of sp³-hybridized carbons (Fsp3) is 0.0909. The molecule has 0 unspecified atom stereocenters. The fourth-order valence-electron chi connectivity index (χ4n) is 11.5. The summed E-state index contributed by atoms with van der Waals surface area (Å²) < 4.78 is 6.51. The Hall–Kier alpha value is -8.20. The van der Waals surface area contributed by atoms with Gasteiger partial charge in [0.1, 0.15) is 11.2 Å². The largest absolute Gasteiger partial charge is 0.455 e. The summed E-state index contributed by atoms with van der Waals surface area (Å²) >= 11 is 0. The lowest BCUT2D eigenvalue weighted by Gasteiger charge is -2.29. The Labute approximate surface area is 398 Å². The molecule has 0 bridgehead atoms. The van der Waals surface area contributed by atoms with Crippen molar-refractivity contribution in [1.29, 1.82) is 0 Å². The predicted octanol–water partition coefficient (Wildman–Crippen LogP) is 18.3. The maximum atomic E-state index is 6.51. The number of nitrogens with zero attached hydrogens (tertiary/aromatic N) is 1.